The predicted molar refractivity (Wildman–Crippen MR) is 102 cm³/mol. The van der Waals surface area contributed by atoms with Crippen molar-refractivity contribution in [2.45, 2.75) is 71.0 Å². The zero-order valence-electron chi connectivity index (χ0n) is 16.2. The molecule has 0 bridgehead atoms. The van der Waals surface area contributed by atoms with Gasteiger partial charge in [-0.1, -0.05) is 12.8 Å². The van der Waals surface area contributed by atoms with Crippen molar-refractivity contribution in [3.8, 4) is 0 Å². The second kappa shape index (κ2) is 6.94. The molecule has 1 aliphatic heterocycles. The third-order valence-electron chi connectivity index (χ3n) is 5.73. The van der Waals surface area contributed by atoms with Crippen molar-refractivity contribution >= 4 is 22.8 Å². The number of carbonyl (C=O) groups excluding carboxylic acids is 2. The van der Waals surface area contributed by atoms with Gasteiger partial charge in [0.1, 0.15) is 0 Å². The van der Waals surface area contributed by atoms with Crippen LogP contribution in [0.4, 0.5) is 0 Å². The van der Waals surface area contributed by atoms with Crippen molar-refractivity contribution in [2.24, 2.45) is 0 Å². The largest absolute Gasteiger partial charge is 0.347 e. The SMILES string of the molecule is Cc1cc(C(=O)NC2CC(=O)N(C(C)C)C2)c2cnn(C3CCCC3)c2n1. The normalized spacial score (nSPS) is 21.0. The van der Waals surface area contributed by atoms with Gasteiger partial charge in [-0.05, 0) is 39.7 Å². The monoisotopic (exact) mass is 369 g/mol. The number of aromatic nitrogens is 3. The van der Waals surface area contributed by atoms with Crippen LogP contribution in [0, 0.1) is 6.92 Å². The van der Waals surface area contributed by atoms with Gasteiger partial charge in [-0.3, -0.25) is 9.59 Å². The molecule has 144 valence electrons. The first-order valence-electron chi connectivity index (χ1n) is 9.89. The first kappa shape index (κ1) is 17.9. The van der Waals surface area contributed by atoms with Gasteiger partial charge in [-0.2, -0.15) is 5.10 Å². The maximum atomic E-state index is 13.0. The topological polar surface area (TPSA) is 80.1 Å². The summed E-state index contributed by atoms with van der Waals surface area (Å²) in [5.41, 5.74) is 2.19. The summed E-state index contributed by atoms with van der Waals surface area (Å²) in [4.78, 5) is 31.6. The van der Waals surface area contributed by atoms with Crippen LogP contribution in [0.25, 0.3) is 11.0 Å². The van der Waals surface area contributed by atoms with E-state index in [0.29, 0.717) is 24.6 Å². The molecule has 3 heterocycles. The van der Waals surface area contributed by atoms with E-state index in [1.165, 1.54) is 12.8 Å². The van der Waals surface area contributed by atoms with Crippen LogP contribution < -0.4 is 5.32 Å². The molecular weight excluding hydrogens is 342 g/mol. The van der Waals surface area contributed by atoms with Crippen LogP contribution in [0.1, 0.15) is 68.0 Å². The summed E-state index contributed by atoms with van der Waals surface area (Å²) in [6.07, 6.45) is 6.78. The lowest BCUT2D eigenvalue weighted by Crippen LogP contribution is -2.39. The van der Waals surface area contributed by atoms with Crippen LogP contribution in [-0.2, 0) is 4.79 Å². The smallest absolute Gasteiger partial charge is 0.252 e. The maximum Gasteiger partial charge on any atom is 0.252 e. The van der Waals surface area contributed by atoms with E-state index < -0.39 is 0 Å². The fraction of sp³-hybridized carbons (Fsp3) is 0.600. The van der Waals surface area contributed by atoms with Crippen LogP contribution in [0.2, 0.25) is 0 Å². The van der Waals surface area contributed by atoms with E-state index in [1.807, 2.05) is 36.4 Å². The Bertz CT molecular complexity index is 882. The van der Waals surface area contributed by atoms with E-state index in [9.17, 15) is 9.59 Å². The average molecular weight is 369 g/mol. The van der Waals surface area contributed by atoms with Gasteiger partial charge in [-0.15, -0.1) is 0 Å². The fourth-order valence-corrected chi connectivity index (χ4v) is 4.34. The molecule has 4 rings (SSSR count). The molecule has 2 aromatic heterocycles. The lowest BCUT2D eigenvalue weighted by Gasteiger charge is -2.21. The number of hydrogen-bond acceptors (Lipinski definition) is 4. The molecular formula is C20H27N5O2. The summed E-state index contributed by atoms with van der Waals surface area (Å²) in [6.45, 7) is 6.46. The van der Waals surface area contributed by atoms with E-state index in [0.717, 1.165) is 29.6 Å². The predicted octanol–water partition coefficient (Wildman–Crippen LogP) is 2.59. The molecule has 1 N–H and O–H groups in total. The number of carbonyl (C=O) groups is 2. The minimum absolute atomic E-state index is 0.0976. The van der Waals surface area contributed by atoms with Gasteiger partial charge in [-0.25, -0.2) is 9.67 Å². The first-order chi connectivity index (χ1) is 12.9. The second-order valence-corrected chi connectivity index (χ2v) is 8.09. The Kier molecular flexibility index (Phi) is 4.61. The van der Waals surface area contributed by atoms with Gasteiger partial charge in [0.05, 0.1) is 29.2 Å². The molecule has 2 fully saturated rings. The molecule has 1 unspecified atom stereocenters. The highest BCUT2D eigenvalue weighted by molar-refractivity contribution is 6.05. The third kappa shape index (κ3) is 3.31. The molecule has 1 aliphatic carbocycles. The van der Waals surface area contributed by atoms with Crippen molar-refractivity contribution < 1.29 is 9.59 Å². The minimum atomic E-state index is -0.153. The minimum Gasteiger partial charge on any atom is -0.347 e. The van der Waals surface area contributed by atoms with Gasteiger partial charge >= 0.3 is 0 Å². The summed E-state index contributed by atoms with van der Waals surface area (Å²) in [6, 6.07) is 2.19. The standard InChI is InChI=1S/C20H27N5O2/c1-12(2)24-11-14(9-18(24)26)23-20(27)16-8-13(3)22-19-17(16)10-21-25(19)15-6-4-5-7-15/h8,10,12,14-15H,4-7,9,11H2,1-3H3,(H,23,27). The Morgan fingerprint density at radius 2 is 2.04 bits per heavy atom. The summed E-state index contributed by atoms with van der Waals surface area (Å²) in [5, 5.41) is 8.38. The van der Waals surface area contributed by atoms with Crippen LogP contribution in [0.3, 0.4) is 0 Å². The second-order valence-electron chi connectivity index (χ2n) is 8.09. The number of likely N-dealkylation sites (tertiary alicyclic amines) is 1. The number of nitrogens with one attached hydrogen (secondary N) is 1. The summed E-state index contributed by atoms with van der Waals surface area (Å²) in [5.74, 6) is -0.0553. The zero-order chi connectivity index (χ0) is 19.1. The van der Waals surface area contributed by atoms with Crippen LogP contribution in [-0.4, -0.2) is 50.1 Å². The van der Waals surface area contributed by atoms with E-state index in [4.69, 9.17) is 0 Å². The fourth-order valence-electron chi connectivity index (χ4n) is 4.34. The van der Waals surface area contributed by atoms with Gasteiger partial charge in [0.25, 0.3) is 5.91 Å². The highest BCUT2D eigenvalue weighted by Gasteiger charge is 2.32. The van der Waals surface area contributed by atoms with E-state index >= 15 is 0 Å². The lowest BCUT2D eigenvalue weighted by atomic mass is 10.1. The molecule has 1 atom stereocenters. The van der Waals surface area contributed by atoms with Crippen LogP contribution in [0.5, 0.6) is 0 Å². The maximum absolute atomic E-state index is 13.0. The van der Waals surface area contributed by atoms with Crippen molar-refractivity contribution in [3.63, 3.8) is 0 Å². The Hall–Kier alpha value is -2.44. The van der Waals surface area contributed by atoms with E-state index in [1.54, 1.807) is 6.20 Å². The van der Waals surface area contributed by atoms with Gasteiger partial charge in [0.2, 0.25) is 5.91 Å². The zero-order valence-corrected chi connectivity index (χ0v) is 16.2. The average Bonchev–Trinajstić information content (AvgIpc) is 3.33. The number of aryl methyl sites for hydroxylation is 1. The summed E-state index contributed by atoms with van der Waals surface area (Å²) in [7, 11) is 0. The summed E-state index contributed by atoms with van der Waals surface area (Å²) >= 11 is 0. The van der Waals surface area contributed by atoms with Gasteiger partial charge < -0.3 is 10.2 Å². The number of nitrogens with zero attached hydrogens (tertiary/aromatic N) is 4. The van der Waals surface area contributed by atoms with Gasteiger partial charge in [0, 0.05) is 24.7 Å². The molecule has 0 radical (unpaired) electrons. The van der Waals surface area contributed by atoms with Crippen molar-refractivity contribution in [1.29, 1.82) is 0 Å². The molecule has 7 nitrogen and oxygen atoms in total. The molecule has 7 heteroatoms. The van der Waals surface area contributed by atoms with Crippen molar-refractivity contribution in [1.82, 2.24) is 25.0 Å². The van der Waals surface area contributed by atoms with Crippen molar-refractivity contribution in [3.05, 3.63) is 23.5 Å². The Balaban J connectivity index is 1.60. The summed E-state index contributed by atoms with van der Waals surface area (Å²) < 4.78 is 1.99. The van der Waals surface area contributed by atoms with Crippen molar-refractivity contribution in [2.75, 3.05) is 6.54 Å². The van der Waals surface area contributed by atoms with Crippen LogP contribution in [0.15, 0.2) is 12.3 Å². The van der Waals surface area contributed by atoms with E-state index in [-0.39, 0.29) is 23.9 Å². The number of pyridine rings is 1. The molecule has 2 aromatic rings. The third-order valence-corrected chi connectivity index (χ3v) is 5.73. The van der Waals surface area contributed by atoms with Crippen LogP contribution >= 0.6 is 0 Å². The molecule has 1 saturated carbocycles. The van der Waals surface area contributed by atoms with Gasteiger partial charge in [0.15, 0.2) is 5.65 Å². The molecule has 1 saturated heterocycles. The lowest BCUT2D eigenvalue weighted by molar-refractivity contribution is -0.129. The first-order valence-corrected chi connectivity index (χ1v) is 9.89. The highest BCUT2D eigenvalue weighted by atomic mass is 16.2. The number of rotatable bonds is 4. The quantitative estimate of drug-likeness (QED) is 0.898. The number of hydrogen-bond donors (Lipinski definition) is 1. The molecule has 27 heavy (non-hydrogen) atoms. The highest BCUT2D eigenvalue weighted by Crippen LogP contribution is 2.32. The number of fused-ring (bicyclic) bond motifs is 1. The molecule has 2 aliphatic rings. The Labute approximate surface area is 159 Å². The number of amides is 2. The molecule has 2 amide bonds. The Morgan fingerprint density at radius 1 is 1.30 bits per heavy atom. The molecule has 0 spiro atoms. The molecule has 0 aromatic carbocycles. The Morgan fingerprint density at radius 3 is 2.70 bits per heavy atom. The van der Waals surface area contributed by atoms with E-state index in [2.05, 4.69) is 15.4 Å².